The third kappa shape index (κ3) is 2.81. The number of anilines is 1. The molecule has 0 saturated carbocycles. The molecule has 0 bridgehead atoms. The molecule has 0 fully saturated rings. The lowest BCUT2D eigenvalue weighted by atomic mass is 10.2. The third-order valence-electron chi connectivity index (χ3n) is 2.28. The molecule has 0 saturated heterocycles. The van der Waals surface area contributed by atoms with Crippen molar-refractivity contribution in [3.05, 3.63) is 52.5 Å². The van der Waals surface area contributed by atoms with Crippen molar-refractivity contribution in [2.75, 3.05) is 5.73 Å². The summed E-state index contributed by atoms with van der Waals surface area (Å²) in [6.07, 6.45) is 0. The van der Waals surface area contributed by atoms with Crippen LogP contribution in [0, 0.1) is 0 Å². The van der Waals surface area contributed by atoms with Gasteiger partial charge in [-0.05, 0) is 36.4 Å². The van der Waals surface area contributed by atoms with E-state index < -0.39 is 5.97 Å². The van der Waals surface area contributed by atoms with Gasteiger partial charge in [0.1, 0.15) is 11.5 Å². The van der Waals surface area contributed by atoms with E-state index in [4.69, 9.17) is 15.6 Å². The van der Waals surface area contributed by atoms with Gasteiger partial charge in [0.25, 0.3) is 0 Å². The minimum Gasteiger partial charge on any atom is -0.478 e. The summed E-state index contributed by atoms with van der Waals surface area (Å²) >= 11 is 3.34. The van der Waals surface area contributed by atoms with Crippen LogP contribution in [0.4, 0.5) is 5.69 Å². The van der Waals surface area contributed by atoms with Gasteiger partial charge >= 0.3 is 5.97 Å². The van der Waals surface area contributed by atoms with Crippen LogP contribution >= 0.6 is 15.9 Å². The molecule has 2 aromatic rings. The van der Waals surface area contributed by atoms with Gasteiger partial charge in [-0.15, -0.1) is 0 Å². The fraction of sp³-hybridized carbons (Fsp3) is 0. The van der Waals surface area contributed by atoms with Crippen molar-refractivity contribution in [3.63, 3.8) is 0 Å². The summed E-state index contributed by atoms with van der Waals surface area (Å²) in [7, 11) is 0. The van der Waals surface area contributed by atoms with E-state index in [-0.39, 0.29) is 11.3 Å². The Kier molecular flexibility index (Phi) is 3.53. The van der Waals surface area contributed by atoms with Gasteiger partial charge in [-0.3, -0.25) is 0 Å². The van der Waals surface area contributed by atoms with E-state index in [1.165, 1.54) is 12.1 Å². The zero-order chi connectivity index (χ0) is 13.1. The average Bonchev–Trinajstić information content (AvgIpc) is 2.31. The van der Waals surface area contributed by atoms with Gasteiger partial charge in [0, 0.05) is 4.47 Å². The van der Waals surface area contributed by atoms with Crippen LogP contribution in [0.3, 0.4) is 0 Å². The second-order valence-electron chi connectivity index (χ2n) is 3.62. The summed E-state index contributed by atoms with van der Waals surface area (Å²) in [6.45, 7) is 0. The highest BCUT2D eigenvalue weighted by atomic mass is 79.9. The smallest absolute Gasteiger partial charge is 0.335 e. The van der Waals surface area contributed by atoms with Crippen LogP contribution in [-0.4, -0.2) is 11.1 Å². The second-order valence-corrected chi connectivity index (χ2v) is 4.53. The van der Waals surface area contributed by atoms with Gasteiger partial charge in [-0.25, -0.2) is 4.79 Å². The Labute approximate surface area is 112 Å². The molecule has 0 aliphatic rings. The minimum absolute atomic E-state index is 0.133. The number of ether oxygens (including phenoxy) is 1. The molecular formula is C13H10BrNO3. The minimum atomic E-state index is -1.02. The Balaban J connectivity index is 2.27. The van der Waals surface area contributed by atoms with Crippen molar-refractivity contribution in [1.29, 1.82) is 0 Å². The summed E-state index contributed by atoms with van der Waals surface area (Å²) in [4.78, 5) is 10.8. The SMILES string of the molecule is Nc1cc(C(=O)O)ccc1Oc1cccc(Br)c1. The van der Waals surface area contributed by atoms with E-state index in [1.807, 2.05) is 12.1 Å². The molecule has 0 aliphatic carbocycles. The van der Waals surface area contributed by atoms with E-state index in [9.17, 15) is 4.79 Å². The lowest BCUT2D eigenvalue weighted by molar-refractivity contribution is 0.0697. The summed E-state index contributed by atoms with van der Waals surface area (Å²) < 4.78 is 6.47. The number of rotatable bonds is 3. The van der Waals surface area contributed by atoms with Crippen molar-refractivity contribution in [2.24, 2.45) is 0 Å². The largest absolute Gasteiger partial charge is 0.478 e. The molecule has 0 unspecified atom stereocenters. The zero-order valence-corrected chi connectivity index (χ0v) is 10.8. The normalized spacial score (nSPS) is 10.1. The van der Waals surface area contributed by atoms with Crippen molar-refractivity contribution in [3.8, 4) is 11.5 Å². The first kappa shape index (κ1) is 12.4. The van der Waals surface area contributed by atoms with Crippen LogP contribution in [0.5, 0.6) is 11.5 Å². The molecule has 0 aromatic heterocycles. The summed E-state index contributed by atoms with van der Waals surface area (Å²) in [5, 5.41) is 8.82. The van der Waals surface area contributed by atoms with Gasteiger partial charge in [-0.2, -0.15) is 0 Å². The topological polar surface area (TPSA) is 72.6 Å². The second kappa shape index (κ2) is 5.10. The number of halogens is 1. The Bertz CT molecular complexity index is 599. The lowest BCUT2D eigenvalue weighted by Gasteiger charge is -2.09. The standard InChI is InChI=1S/C13H10BrNO3/c14-9-2-1-3-10(7-9)18-12-5-4-8(13(16)17)6-11(12)15/h1-7H,15H2,(H,16,17). The van der Waals surface area contributed by atoms with Crippen LogP contribution in [-0.2, 0) is 0 Å². The molecule has 0 atom stereocenters. The van der Waals surface area contributed by atoms with Gasteiger partial charge in [-0.1, -0.05) is 22.0 Å². The van der Waals surface area contributed by atoms with Crippen LogP contribution in [0.15, 0.2) is 46.9 Å². The number of nitrogens with two attached hydrogens (primary N) is 1. The number of carbonyl (C=O) groups is 1. The number of nitrogen functional groups attached to an aromatic ring is 1. The summed E-state index contributed by atoms with van der Waals surface area (Å²) in [5.41, 5.74) is 6.17. The number of benzene rings is 2. The zero-order valence-electron chi connectivity index (χ0n) is 9.26. The molecule has 0 spiro atoms. The van der Waals surface area contributed by atoms with Crippen LogP contribution in [0.25, 0.3) is 0 Å². The van der Waals surface area contributed by atoms with E-state index in [1.54, 1.807) is 18.2 Å². The molecule has 18 heavy (non-hydrogen) atoms. The van der Waals surface area contributed by atoms with E-state index in [2.05, 4.69) is 15.9 Å². The maximum atomic E-state index is 10.8. The predicted molar refractivity (Wildman–Crippen MR) is 72.0 cm³/mol. The number of carboxylic acid groups (broad SMARTS) is 1. The number of hydrogen-bond acceptors (Lipinski definition) is 3. The molecule has 2 rings (SSSR count). The van der Waals surface area contributed by atoms with Crippen molar-refractivity contribution in [1.82, 2.24) is 0 Å². The quantitative estimate of drug-likeness (QED) is 0.851. The maximum Gasteiger partial charge on any atom is 0.335 e. The Morgan fingerprint density at radius 2 is 2.00 bits per heavy atom. The fourth-order valence-corrected chi connectivity index (χ4v) is 1.81. The molecular weight excluding hydrogens is 298 g/mol. The summed E-state index contributed by atoms with van der Waals surface area (Å²) in [5.74, 6) is 0.0351. The third-order valence-corrected chi connectivity index (χ3v) is 2.77. The van der Waals surface area contributed by atoms with Crippen molar-refractivity contribution >= 4 is 27.6 Å². The van der Waals surface area contributed by atoms with Crippen molar-refractivity contribution < 1.29 is 14.6 Å². The number of carboxylic acids is 1. The molecule has 0 amide bonds. The molecule has 0 aliphatic heterocycles. The van der Waals surface area contributed by atoms with E-state index in [0.29, 0.717) is 11.5 Å². The molecule has 3 N–H and O–H groups in total. The van der Waals surface area contributed by atoms with Gasteiger partial charge < -0.3 is 15.6 Å². The highest BCUT2D eigenvalue weighted by Gasteiger charge is 2.08. The Morgan fingerprint density at radius 3 is 2.61 bits per heavy atom. The lowest BCUT2D eigenvalue weighted by Crippen LogP contribution is -1.99. The first-order chi connectivity index (χ1) is 8.56. The van der Waals surface area contributed by atoms with Crippen LogP contribution < -0.4 is 10.5 Å². The maximum absolute atomic E-state index is 10.8. The number of aromatic carboxylic acids is 1. The summed E-state index contributed by atoms with van der Waals surface area (Å²) in [6, 6.07) is 11.7. The molecule has 5 heteroatoms. The molecule has 0 heterocycles. The average molecular weight is 308 g/mol. The van der Waals surface area contributed by atoms with E-state index >= 15 is 0 Å². The van der Waals surface area contributed by atoms with Gasteiger partial charge in [0.05, 0.1) is 11.3 Å². The number of hydrogen-bond donors (Lipinski definition) is 2. The Hall–Kier alpha value is -2.01. The molecule has 0 radical (unpaired) electrons. The Morgan fingerprint density at radius 1 is 1.22 bits per heavy atom. The van der Waals surface area contributed by atoms with E-state index in [0.717, 1.165) is 4.47 Å². The highest BCUT2D eigenvalue weighted by Crippen LogP contribution is 2.29. The van der Waals surface area contributed by atoms with Gasteiger partial charge in [0.15, 0.2) is 0 Å². The van der Waals surface area contributed by atoms with Crippen molar-refractivity contribution in [2.45, 2.75) is 0 Å². The first-order valence-corrected chi connectivity index (χ1v) is 5.92. The van der Waals surface area contributed by atoms with Gasteiger partial charge in [0.2, 0.25) is 0 Å². The monoisotopic (exact) mass is 307 g/mol. The highest BCUT2D eigenvalue weighted by molar-refractivity contribution is 9.10. The molecule has 4 nitrogen and oxygen atoms in total. The van der Waals surface area contributed by atoms with Crippen LogP contribution in [0.1, 0.15) is 10.4 Å². The van der Waals surface area contributed by atoms with Crippen LogP contribution in [0.2, 0.25) is 0 Å². The fourth-order valence-electron chi connectivity index (χ4n) is 1.43. The molecule has 92 valence electrons. The predicted octanol–water partition coefficient (Wildman–Crippen LogP) is 3.52. The molecule has 2 aromatic carbocycles. The first-order valence-electron chi connectivity index (χ1n) is 5.12.